The number of benzene rings is 1. The molecule has 0 amide bonds. The van der Waals surface area contributed by atoms with Crippen LogP contribution in [0.5, 0.6) is 11.5 Å². The normalized spacial score (nSPS) is 12.8. The Kier molecular flexibility index (Phi) is 8.75. The second-order valence-corrected chi connectivity index (χ2v) is 7.34. The number of nitrogens with zero attached hydrogens (tertiary/aromatic N) is 1. The molecule has 6 nitrogen and oxygen atoms in total. The molecule has 0 aliphatic carbocycles. The van der Waals surface area contributed by atoms with E-state index in [2.05, 4.69) is 20.4 Å². The van der Waals surface area contributed by atoms with Gasteiger partial charge in [0, 0.05) is 18.0 Å². The molecular formula is C18H22ClF2N3O3S. The lowest BCUT2D eigenvalue weighted by Gasteiger charge is -2.15. The van der Waals surface area contributed by atoms with E-state index in [0.29, 0.717) is 22.4 Å². The van der Waals surface area contributed by atoms with Crippen LogP contribution in [0.15, 0.2) is 35.3 Å². The second-order valence-electron chi connectivity index (χ2n) is 5.60. The second kappa shape index (κ2) is 11.0. The number of guanidine groups is 1. The average molecular weight is 434 g/mol. The van der Waals surface area contributed by atoms with Gasteiger partial charge in [0.05, 0.1) is 18.0 Å². The van der Waals surface area contributed by atoms with Crippen molar-refractivity contribution in [3.8, 4) is 11.5 Å². The Labute approximate surface area is 171 Å². The zero-order valence-electron chi connectivity index (χ0n) is 15.4. The predicted octanol–water partition coefficient (Wildman–Crippen LogP) is 3.80. The number of methoxy groups -OCH3 is 1. The van der Waals surface area contributed by atoms with Crippen molar-refractivity contribution in [1.29, 1.82) is 0 Å². The van der Waals surface area contributed by atoms with Crippen molar-refractivity contribution >= 4 is 28.9 Å². The number of aliphatic hydroxyl groups excluding tert-OH is 1. The molecule has 0 spiro atoms. The number of nitrogens with one attached hydrogen (secondary N) is 2. The molecule has 2 aromatic rings. The summed E-state index contributed by atoms with van der Waals surface area (Å²) < 4.78 is 35.2. The number of hydrogen-bond acceptors (Lipinski definition) is 5. The minimum absolute atomic E-state index is 0.0480. The lowest BCUT2D eigenvalue weighted by Crippen LogP contribution is -2.39. The van der Waals surface area contributed by atoms with Crippen molar-refractivity contribution in [1.82, 2.24) is 10.6 Å². The van der Waals surface area contributed by atoms with Gasteiger partial charge in [0.15, 0.2) is 17.5 Å². The van der Waals surface area contributed by atoms with Gasteiger partial charge in [-0.25, -0.2) is 4.99 Å². The smallest absolute Gasteiger partial charge is 0.387 e. The first-order chi connectivity index (χ1) is 13.4. The molecule has 154 valence electrons. The summed E-state index contributed by atoms with van der Waals surface area (Å²) in [4.78, 5) is 5.15. The fourth-order valence-corrected chi connectivity index (χ4v) is 3.37. The van der Waals surface area contributed by atoms with Crippen molar-refractivity contribution in [2.45, 2.75) is 26.2 Å². The topological polar surface area (TPSA) is 75.1 Å². The highest BCUT2D eigenvalue weighted by atomic mass is 35.5. The first kappa shape index (κ1) is 22.2. The van der Waals surface area contributed by atoms with Crippen LogP contribution in [0.1, 0.15) is 23.5 Å². The van der Waals surface area contributed by atoms with E-state index in [9.17, 15) is 13.9 Å². The number of thiophene rings is 1. The third-order valence-corrected chi connectivity index (χ3v) is 4.93. The lowest BCUT2D eigenvalue weighted by molar-refractivity contribution is -0.0512. The number of halogens is 3. The molecule has 28 heavy (non-hydrogen) atoms. The summed E-state index contributed by atoms with van der Waals surface area (Å²) in [6.07, 6.45) is -0.728. The van der Waals surface area contributed by atoms with E-state index < -0.39 is 12.7 Å². The summed E-state index contributed by atoms with van der Waals surface area (Å²) in [6, 6.07) is 8.22. The van der Waals surface area contributed by atoms with E-state index in [4.69, 9.17) is 16.3 Å². The van der Waals surface area contributed by atoms with Gasteiger partial charge in [-0.1, -0.05) is 17.7 Å². The van der Waals surface area contributed by atoms with Crippen LogP contribution < -0.4 is 20.1 Å². The van der Waals surface area contributed by atoms with Crippen LogP contribution in [-0.4, -0.2) is 37.9 Å². The molecule has 10 heteroatoms. The van der Waals surface area contributed by atoms with Crippen LogP contribution in [0, 0.1) is 0 Å². The van der Waals surface area contributed by atoms with E-state index in [1.54, 1.807) is 24.3 Å². The first-order valence-corrected chi connectivity index (χ1v) is 9.69. The Morgan fingerprint density at radius 2 is 2.04 bits per heavy atom. The third-order valence-electron chi connectivity index (χ3n) is 3.59. The molecule has 0 fully saturated rings. The highest BCUT2D eigenvalue weighted by Gasteiger charge is 2.13. The molecule has 2 rings (SSSR count). The van der Waals surface area contributed by atoms with E-state index >= 15 is 0 Å². The minimum Gasteiger partial charge on any atom is -0.493 e. The van der Waals surface area contributed by atoms with Gasteiger partial charge < -0.3 is 25.2 Å². The molecule has 0 aliphatic heterocycles. The number of aliphatic hydroxyl groups is 1. The van der Waals surface area contributed by atoms with Gasteiger partial charge in [-0.2, -0.15) is 8.78 Å². The van der Waals surface area contributed by atoms with Crippen LogP contribution in [0.4, 0.5) is 8.78 Å². The molecular weight excluding hydrogens is 412 g/mol. The molecule has 0 bridgehead atoms. The molecule has 1 aromatic carbocycles. The summed E-state index contributed by atoms with van der Waals surface area (Å²) in [5.74, 6) is 0.653. The van der Waals surface area contributed by atoms with Crippen LogP contribution in [0.25, 0.3) is 0 Å². The quantitative estimate of drug-likeness (QED) is 0.414. The van der Waals surface area contributed by atoms with Gasteiger partial charge in [-0.15, -0.1) is 11.3 Å². The van der Waals surface area contributed by atoms with Gasteiger partial charge in [0.1, 0.15) is 6.10 Å². The zero-order chi connectivity index (χ0) is 20.5. The predicted molar refractivity (Wildman–Crippen MR) is 107 cm³/mol. The van der Waals surface area contributed by atoms with Crippen molar-refractivity contribution in [3.63, 3.8) is 0 Å². The number of ether oxygens (including phenoxy) is 2. The van der Waals surface area contributed by atoms with Crippen molar-refractivity contribution in [2.75, 3.05) is 20.2 Å². The molecule has 1 aromatic heterocycles. The summed E-state index contributed by atoms with van der Waals surface area (Å²) >= 11 is 7.19. The molecule has 1 unspecified atom stereocenters. The summed E-state index contributed by atoms with van der Waals surface area (Å²) in [6.45, 7) is 0.0492. The van der Waals surface area contributed by atoms with Gasteiger partial charge in [-0.3, -0.25) is 0 Å². The summed E-state index contributed by atoms with van der Waals surface area (Å²) in [5.41, 5.74) is 0.666. The maximum atomic E-state index is 12.5. The molecule has 0 saturated heterocycles. The molecule has 0 saturated carbocycles. The van der Waals surface area contributed by atoms with Crippen molar-refractivity contribution < 1.29 is 23.4 Å². The monoisotopic (exact) mass is 433 g/mol. The largest absolute Gasteiger partial charge is 0.493 e. The van der Waals surface area contributed by atoms with Crippen LogP contribution in [-0.2, 0) is 6.54 Å². The standard InChI is InChI=1S/C18H22ClF2N3O3S/c1-3-22-18(24-10-12(25)15-6-7-16(19)28-15)23-9-11-4-5-13(26-2)14(8-11)27-17(20)21/h4-8,12,17,25H,3,9-10H2,1-2H3,(H2,22,23,24). The Morgan fingerprint density at radius 3 is 2.64 bits per heavy atom. The van der Waals surface area contributed by atoms with Crippen LogP contribution in [0.2, 0.25) is 4.34 Å². The number of aliphatic imine (C=N–C) groups is 1. The molecule has 1 atom stereocenters. The Morgan fingerprint density at radius 1 is 1.25 bits per heavy atom. The van der Waals surface area contributed by atoms with Crippen LogP contribution >= 0.6 is 22.9 Å². The summed E-state index contributed by atoms with van der Waals surface area (Å²) in [5, 5.41) is 16.3. The first-order valence-electron chi connectivity index (χ1n) is 8.50. The van der Waals surface area contributed by atoms with Crippen molar-refractivity contribution in [2.24, 2.45) is 4.99 Å². The Hall–Kier alpha value is -2.10. The number of rotatable bonds is 9. The van der Waals surface area contributed by atoms with E-state index in [-0.39, 0.29) is 24.6 Å². The van der Waals surface area contributed by atoms with Gasteiger partial charge >= 0.3 is 6.61 Å². The lowest BCUT2D eigenvalue weighted by atomic mass is 10.2. The maximum Gasteiger partial charge on any atom is 0.387 e. The van der Waals surface area contributed by atoms with Gasteiger partial charge in [-0.05, 0) is 36.8 Å². The zero-order valence-corrected chi connectivity index (χ0v) is 17.0. The molecule has 0 aliphatic rings. The van der Waals surface area contributed by atoms with Crippen molar-refractivity contribution in [3.05, 3.63) is 45.1 Å². The van der Waals surface area contributed by atoms with E-state index in [1.807, 2.05) is 6.92 Å². The number of hydrogen-bond donors (Lipinski definition) is 3. The minimum atomic E-state index is -2.95. The van der Waals surface area contributed by atoms with Crippen LogP contribution in [0.3, 0.4) is 0 Å². The number of alkyl halides is 2. The fraction of sp³-hybridized carbons (Fsp3) is 0.389. The molecule has 1 heterocycles. The average Bonchev–Trinajstić information content (AvgIpc) is 3.10. The SMILES string of the molecule is CCNC(=NCc1ccc(OC)c(OC(F)F)c1)NCC(O)c1ccc(Cl)s1. The fourth-order valence-electron chi connectivity index (χ4n) is 2.32. The van der Waals surface area contributed by atoms with Gasteiger partial charge in [0.25, 0.3) is 0 Å². The highest BCUT2D eigenvalue weighted by molar-refractivity contribution is 7.16. The Balaban J connectivity index is 2.03. The maximum absolute atomic E-state index is 12.5. The molecule has 3 N–H and O–H groups in total. The molecule has 0 radical (unpaired) electrons. The van der Waals surface area contributed by atoms with Gasteiger partial charge in [0.2, 0.25) is 0 Å². The van der Waals surface area contributed by atoms with E-state index in [0.717, 1.165) is 4.88 Å². The highest BCUT2D eigenvalue weighted by Crippen LogP contribution is 2.30. The summed E-state index contributed by atoms with van der Waals surface area (Å²) in [7, 11) is 1.38. The third kappa shape index (κ3) is 6.81. The van der Waals surface area contributed by atoms with E-state index in [1.165, 1.54) is 24.5 Å². The Bertz CT molecular complexity index is 789.